The maximum atomic E-state index is 11.6. The molecule has 0 bridgehead atoms. The summed E-state index contributed by atoms with van der Waals surface area (Å²) in [6, 6.07) is 0. The maximum absolute atomic E-state index is 11.6. The highest BCUT2D eigenvalue weighted by Crippen LogP contribution is 2.30. The number of rotatable bonds is 31. The van der Waals surface area contributed by atoms with Crippen LogP contribution in [0.3, 0.4) is 0 Å². The van der Waals surface area contributed by atoms with Crippen LogP contribution in [0.25, 0.3) is 0 Å². The van der Waals surface area contributed by atoms with Crippen LogP contribution in [-0.2, 0) is 23.7 Å². The van der Waals surface area contributed by atoms with Gasteiger partial charge in [0.25, 0.3) is 0 Å². The van der Waals surface area contributed by atoms with Crippen LogP contribution in [0.15, 0.2) is 11.6 Å². The fourth-order valence-corrected chi connectivity index (χ4v) is 7.07. The van der Waals surface area contributed by atoms with Crippen molar-refractivity contribution in [2.45, 2.75) is 217 Å². The molecule has 0 aliphatic carbocycles. The van der Waals surface area contributed by atoms with Gasteiger partial charge >= 0.3 is 5.97 Å². The van der Waals surface area contributed by atoms with Gasteiger partial charge in [-0.3, -0.25) is 0 Å². The zero-order valence-electron chi connectivity index (χ0n) is 30.1. The summed E-state index contributed by atoms with van der Waals surface area (Å²) in [5, 5.41) is 21.2. The Morgan fingerprint density at radius 3 is 1.83 bits per heavy atom. The Balaban J connectivity index is 1.45. The van der Waals surface area contributed by atoms with Crippen LogP contribution >= 0.6 is 0 Å². The number of ether oxygens (including phenoxy) is 4. The van der Waals surface area contributed by atoms with Crippen molar-refractivity contribution in [2.24, 2.45) is 0 Å². The zero-order chi connectivity index (χ0) is 33.2. The van der Waals surface area contributed by atoms with Gasteiger partial charge in [-0.1, -0.05) is 122 Å². The van der Waals surface area contributed by atoms with Gasteiger partial charge in [0.1, 0.15) is 12.9 Å². The summed E-state index contributed by atoms with van der Waals surface area (Å²) in [6.45, 7) is 4.47. The number of carbonyl (C=O) groups is 1. The summed E-state index contributed by atoms with van der Waals surface area (Å²) in [5.74, 6) is -0.143. The van der Waals surface area contributed by atoms with Crippen LogP contribution in [0.1, 0.15) is 181 Å². The lowest BCUT2D eigenvalue weighted by molar-refractivity contribution is -0.139. The molecule has 0 spiro atoms. The molecule has 0 radical (unpaired) electrons. The van der Waals surface area contributed by atoms with Crippen molar-refractivity contribution in [3.63, 3.8) is 0 Å². The topological polar surface area (TPSA) is 94.5 Å². The number of carbonyl (C=O) groups excluding carboxylic acids is 1. The summed E-state index contributed by atoms with van der Waals surface area (Å²) in [5.41, 5.74) is 0.838. The fraction of sp³-hybridized carbons (Fsp3) is 0.923. The van der Waals surface area contributed by atoms with E-state index in [0.29, 0.717) is 6.79 Å². The normalized spacial score (nSPS) is 21.8. The van der Waals surface area contributed by atoms with Gasteiger partial charge in [-0.05, 0) is 64.4 Å². The van der Waals surface area contributed by atoms with E-state index in [0.717, 1.165) is 115 Å². The largest absolute Gasteiger partial charge is 0.455 e. The fourth-order valence-electron chi connectivity index (χ4n) is 7.07. The Kier molecular flexibility index (Phi) is 24.1. The molecule has 7 nitrogen and oxygen atoms in total. The first-order valence-electron chi connectivity index (χ1n) is 19.5. The quantitative estimate of drug-likeness (QED) is 0.0438. The molecule has 1 saturated heterocycles. The summed E-state index contributed by atoms with van der Waals surface area (Å²) in [4.78, 5) is 11.6. The van der Waals surface area contributed by atoms with Crippen LogP contribution in [0.4, 0.5) is 0 Å². The van der Waals surface area contributed by atoms with E-state index in [1.54, 1.807) is 7.11 Å². The molecule has 2 aliphatic heterocycles. The van der Waals surface area contributed by atoms with E-state index in [-0.39, 0.29) is 36.5 Å². The Morgan fingerprint density at radius 2 is 1.26 bits per heavy atom. The van der Waals surface area contributed by atoms with Crippen LogP contribution in [0.5, 0.6) is 0 Å². The Labute approximate surface area is 282 Å². The molecule has 0 aromatic carbocycles. The highest BCUT2D eigenvalue weighted by molar-refractivity contribution is 5.90. The second-order valence-electron chi connectivity index (χ2n) is 14.2. The van der Waals surface area contributed by atoms with Gasteiger partial charge in [0, 0.05) is 12.7 Å². The number of aliphatic hydroxyl groups is 2. The van der Waals surface area contributed by atoms with Crippen molar-refractivity contribution in [1.29, 1.82) is 0 Å². The van der Waals surface area contributed by atoms with Gasteiger partial charge in [-0.25, -0.2) is 4.79 Å². The minimum Gasteiger partial charge on any atom is -0.455 e. The van der Waals surface area contributed by atoms with Crippen LogP contribution in [0.2, 0.25) is 0 Å². The molecule has 6 atom stereocenters. The van der Waals surface area contributed by atoms with E-state index >= 15 is 0 Å². The number of unbranched alkanes of at least 4 members (excludes halogenated alkanes) is 16. The van der Waals surface area contributed by atoms with Gasteiger partial charge < -0.3 is 29.2 Å². The minimum absolute atomic E-state index is 0.0450. The molecule has 2 aliphatic rings. The van der Waals surface area contributed by atoms with Crippen molar-refractivity contribution in [3.05, 3.63) is 11.6 Å². The SMILES string of the molecule is CCCCCCCCCCCC[C@@H](OCOC)[C@H]1CC[C@H]([C@H](O)CCCCCC[C@H](O)CCCCCCCC2=C[C@H](C)OC2=O)O1. The monoisotopic (exact) mass is 653 g/mol. The van der Waals surface area contributed by atoms with E-state index in [4.69, 9.17) is 18.9 Å². The third kappa shape index (κ3) is 19.1. The Bertz CT molecular complexity index is 771. The van der Waals surface area contributed by atoms with Gasteiger partial charge in [-0.2, -0.15) is 0 Å². The van der Waals surface area contributed by atoms with Crippen molar-refractivity contribution in [3.8, 4) is 0 Å². The van der Waals surface area contributed by atoms with E-state index in [9.17, 15) is 15.0 Å². The van der Waals surface area contributed by atoms with E-state index in [1.807, 2.05) is 13.0 Å². The summed E-state index contributed by atoms with van der Waals surface area (Å²) in [6.07, 6.45) is 30.4. The zero-order valence-corrected chi connectivity index (χ0v) is 30.1. The second-order valence-corrected chi connectivity index (χ2v) is 14.2. The summed E-state index contributed by atoms with van der Waals surface area (Å²) >= 11 is 0. The van der Waals surface area contributed by atoms with Crippen molar-refractivity contribution in [2.75, 3.05) is 13.9 Å². The highest BCUT2D eigenvalue weighted by atomic mass is 16.7. The third-order valence-corrected chi connectivity index (χ3v) is 9.93. The number of methoxy groups -OCH3 is 1. The number of aliphatic hydroxyl groups excluding tert-OH is 2. The molecular weight excluding hydrogens is 580 g/mol. The smallest absolute Gasteiger partial charge is 0.334 e. The molecule has 0 aromatic heterocycles. The molecule has 2 rings (SSSR count). The first kappa shape index (κ1) is 41.2. The Morgan fingerprint density at radius 1 is 0.739 bits per heavy atom. The molecule has 0 saturated carbocycles. The Hall–Kier alpha value is -0.990. The number of cyclic esters (lactones) is 1. The molecule has 2 heterocycles. The van der Waals surface area contributed by atoms with Crippen molar-refractivity contribution >= 4 is 5.97 Å². The first-order valence-corrected chi connectivity index (χ1v) is 19.5. The number of esters is 1. The lowest BCUT2D eigenvalue weighted by Crippen LogP contribution is -2.33. The molecule has 2 N–H and O–H groups in total. The maximum Gasteiger partial charge on any atom is 0.334 e. The standard InChI is InChI=1S/C39H72O7/c1-4-5-6-7-8-9-10-11-15-22-27-37(44-31-43-3)38-29-28-36(46-38)35(41)26-21-17-16-20-25-34(40)24-19-14-12-13-18-23-33-30-32(2)45-39(33)42/h30,32,34-38,40-41H,4-29,31H2,1-3H3/t32-,34+,35+,36+,37+,38+/m0/s1. The van der Waals surface area contributed by atoms with Gasteiger partial charge in [0.2, 0.25) is 0 Å². The third-order valence-electron chi connectivity index (χ3n) is 9.93. The second kappa shape index (κ2) is 26.9. The van der Waals surface area contributed by atoms with Crippen molar-refractivity contribution in [1.82, 2.24) is 0 Å². The molecular formula is C39H72O7. The molecule has 7 heteroatoms. The average Bonchev–Trinajstić information content (AvgIpc) is 3.66. The molecule has 270 valence electrons. The van der Waals surface area contributed by atoms with Crippen LogP contribution < -0.4 is 0 Å². The number of hydrogen-bond acceptors (Lipinski definition) is 7. The van der Waals surface area contributed by atoms with Crippen LogP contribution in [-0.4, -0.2) is 66.7 Å². The predicted octanol–water partition coefficient (Wildman–Crippen LogP) is 9.50. The lowest BCUT2D eigenvalue weighted by atomic mass is 9.99. The van der Waals surface area contributed by atoms with Crippen molar-refractivity contribution < 1.29 is 34.0 Å². The lowest BCUT2D eigenvalue weighted by Gasteiger charge is -2.25. The molecule has 1 fully saturated rings. The van der Waals surface area contributed by atoms with E-state index < -0.39 is 6.10 Å². The highest BCUT2D eigenvalue weighted by Gasteiger charge is 2.35. The number of hydrogen-bond donors (Lipinski definition) is 2. The molecule has 0 aromatic rings. The van der Waals surface area contributed by atoms with Gasteiger partial charge in [-0.15, -0.1) is 0 Å². The summed E-state index contributed by atoms with van der Waals surface area (Å²) in [7, 11) is 1.67. The van der Waals surface area contributed by atoms with E-state index in [2.05, 4.69) is 6.92 Å². The molecule has 0 unspecified atom stereocenters. The summed E-state index contributed by atoms with van der Waals surface area (Å²) < 4.78 is 22.7. The van der Waals surface area contributed by atoms with E-state index in [1.165, 1.54) is 57.8 Å². The first-order chi connectivity index (χ1) is 22.4. The van der Waals surface area contributed by atoms with Crippen LogP contribution in [0, 0.1) is 0 Å². The molecule has 0 amide bonds. The molecule has 46 heavy (non-hydrogen) atoms. The van der Waals surface area contributed by atoms with Gasteiger partial charge in [0.05, 0.1) is 30.5 Å². The predicted molar refractivity (Wildman–Crippen MR) is 187 cm³/mol. The average molecular weight is 653 g/mol. The van der Waals surface area contributed by atoms with Gasteiger partial charge in [0.15, 0.2) is 0 Å². The minimum atomic E-state index is -0.414.